The van der Waals surface area contributed by atoms with Gasteiger partial charge in [-0.15, -0.1) is 0 Å². The van der Waals surface area contributed by atoms with Crippen LogP contribution in [0.1, 0.15) is 13.8 Å². The third-order valence-electron chi connectivity index (χ3n) is 2.26. The zero-order chi connectivity index (χ0) is 13.3. The first kappa shape index (κ1) is 14.4. The number of rotatable bonds is 5. The zero-order valence-corrected chi connectivity index (χ0v) is 11.5. The van der Waals surface area contributed by atoms with Gasteiger partial charge in [0.05, 0.1) is 6.33 Å². The standard InChI is InChI=1S/C9H16ClN3O3S/c1-9(2,5-14)4-12-17(15,16)8-7(10)13(3)6-11-8/h6,12,14H,4-5H2,1-3H3. The fraction of sp³-hybridized carbons (Fsp3) is 0.667. The molecule has 0 radical (unpaired) electrons. The summed E-state index contributed by atoms with van der Waals surface area (Å²) in [5.41, 5.74) is -0.533. The minimum Gasteiger partial charge on any atom is -0.396 e. The van der Waals surface area contributed by atoms with E-state index in [1.54, 1.807) is 20.9 Å². The van der Waals surface area contributed by atoms with E-state index in [1.807, 2.05) is 0 Å². The third kappa shape index (κ3) is 3.41. The number of aliphatic hydroxyl groups excluding tert-OH is 1. The summed E-state index contributed by atoms with van der Waals surface area (Å²) in [5.74, 6) is 0. The van der Waals surface area contributed by atoms with E-state index in [0.29, 0.717) is 0 Å². The lowest BCUT2D eigenvalue weighted by Gasteiger charge is -2.21. The summed E-state index contributed by atoms with van der Waals surface area (Å²) in [7, 11) is -2.14. The monoisotopic (exact) mass is 281 g/mol. The van der Waals surface area contributed by atoms with Gasteiger partial charge in [-0.2, -0.15) is 0 Å². The molecule has 0 aromatic carbocycles. The minimum atomic E-state index is -3.74. The molecule has 98 valence electrons. The summed E-state index contributed by atoms with van der Waals surface area (Å²) in [6, 6.07) is 0. The first-order chi connectivity index (χ1) is 7.69. The molecule has 0 bridgehead atoms. The van der Waals surface area contributed by atoms with Gasteiger partial charge in [0.2, 0.25) is 5.03 Å². The molecule has 0 fully saturated rings. The fourth-order valence-corrected chi connectivity index (χ4v) is 2.66. The molecule has 17 heavy (non-hydrogen) atoms. The van der Waals surface area contributed by atoms with Crippen molar-refractivity contribution in [3.8, 4) is 0 Å². The third-order valence-corrected chi connectivity index (χ3v) is 4.15. The van der Waals surface area contributed by atoms with E-state index in [9.17, 15) is 8.42 Å². The Labute approximate surface area is 106 Å². The summed E-state index contributed by atoms with van der Waals surface area (Å²) >= 11 is 5.81. The molecule has 0 atom stereocenters. The van der Waals surface area contributed by atoms with Crippen molar-refractivity contribution in [2.45, 2.75) is 18.9 Å². The van der Waals surface area contributed by atoms with Gasteiger partial charge in [0, 0.05) is 25.6 Å². The smallest absolute Gasteiger partial charge is 0.261 e. The molecule has 0 unspecified atom stereocenters. The van der Waals surface area contributed by atoms with Gasteiger partial charge in [0.25, 0.3) is 10.0 Å². The molecule has 1 aromatic heterocycles. The molecule has 2 N–H and O–H groups in total. The molecule has 0 amide bonds. The maximum absolute atomic E-state index is 11.9. The molecule has 1 rings (SSSR count). The largest absolute Gasteiger partial charge is 0.396 e. The van der Waals surface area contributed by atoms with Crippen LogP contribution in [0, 0.1) is 5.41 Å². The van der Waals surface area contributed by atoms with Crippen LogP contribution in [0.25, 0.3) is 0 Å². The highest BCUT2D eigenvalue weighted by Gasteiger charge is 2.25. The second kappa shape index (κ2) is 4.93. The molecule has 0 aliphatic heterocycles. The number of halogens is 1. The van der Waals surface area contributed by atoms with Crippen LogP contribution in [0.3, 0.4) is 0 Å². The SMILES string of the molecule is Cn1cnc(S(=O)(=O)NCC(C)(C)CO)c1Cl. The van der Waals surface area contributed by atoms with Crippen molar-refractivity contribution < 1.29 is 13.5 Å². The van der Waals surface area contributed by atoms with E-state index in [2.05, 4.69) is 9.71 Å². The first-order valence-corrected chi connectivity index (χ1v) is 6.83. The summed E-state index contributed by atoms with van der Waals surface area (Å²) in [5, 5.41) is 8.90. The summed E-state index contributed by atoms with van der Waals surface area (Å²) in [6.07, 6.45) is 1.33. The summed E-state index contributed by atoms with van der Waals surface area (Å²) in [6.45, 7) is 3.48. The number of sulfonamides is 1. The number of imidazole rings is 1. The molecular formula is C9H16ClN3O3S. The van der Waals surface area contributed by atoms with Gasteiger partial charge >= 0.3 is 0 Å². The van der Waals surface area contributed by atoms with Crippen LogP contribution in [0.5, 0.6) is 0 Å². The summed E-state index contributed by atoms with van der Waals surface area (Å²) in [4.78, 5) is 3.73. The number of nitrogens with one attached hydrogen (secondary N) is 1. The molecule has 0 spiro atoms. The molecule has 1 aromatic rings. The van der Waals surface area contributed by atoms with Crippen molar-refractivity contribution in [1.29, 1.82) is 0 Å². The van der Waals surface area contributed by atoms with E-state index in [4.69, 9.17) is 16.7 Å². The molecule has 0 saturated carbocycles. The molecule has 0 aliphatic carbocycles. The highest BCUT2D eigenvalue weighted by atomic mass is 35.5. The average Bonchev–Trinajstić information content (AvgIpc) is 2.58. The Kier molecular flexibility index (Phi) is 4.19. The molecular weight excluding hydrogens is 266 g/mol. The Morgan fingerprint density at radius 3 is 2.59 bits per heavy atom. The number of hydrogen-bond acceptors (Lipinski definition) is 4. The normalized spacial score (nSPS) is 13.0. The second-order valence-electron chi connectivity index (χ2n) is 4.60. The van der Waals surface area contributed by atoms with Crippen LogP contribution >= 0.6 is 11.6 Å². The van der Waals surface area contributed by atoms with Crippen molar-refractivity contribution in [1.82, 2.24) is 14.3 Å². The Morgan fingerprint density at radius 2 is 2.18 bits per heavy atom. The molecule has 0 aliphatic rings. The second-order valence-corrected chi connectivity index (χ2v) is 6.64. The van der Waals surface area contributed by atoms with Crippen LogP contribution in [0.2, 0.25) is 5.15 Å². The maximum Gasteiger partial charge on any atom is 0.261 e. The van der Waals surface area contributed by atoms with Crippen LogP contribution in [0.4, 0.5) is 0 Å². The van der Waals surface area contributed by atoms with E-state index < -0.39 is 15.4 Å². The Balaban J connectivity index is 2.87. The number of nitrogens with zero attached hydrogens (tertiary/aromatic N) is 2. The van der Waals surface area contributed by atoms with Crippen molar-refractivity contribution >= 4 is 21.6 Å². The highest BCUT2D eigenvalue weighted by molar-refractivity contribution is 7.89. The van der Waals surface area contributed by atoms with Crippen molar-refractivity contribution in [3.05, 3.63) is 11.5 Å². The lowest BCUT2D eigenvalue weighted by atomic mass is 9.96. The topological polar surface area (TPSA) is 84.2 Å². The van der Waals surface area contributed by atoms with Gasteiger partial charge in [0.15, 0.2) is 0 Å². The van der Waals surface area contributed by atoms with E-state index in [0.717, 1.165) is 0 Å². The van der Waals surface area contributed by atoms with E-state index in [1.165, 1.54) is 10.9 Å². The van der Waals surface area contributed by atoms with Gasteiger partial charge in [-0.05, 0) is 0 Å². The summed E-state index contributed by atoms with van der Waals surface area (Å²) < 4.78 is 27.5. The Morgan fingerprint density at radius 1 is 1.59 bits per heavy atom. The number of aryl methyl sites for hydroxylation is 1. The average molecular weight is 282 g/mol. The van der Waals surface area contributed by atoms with Crippen molar-refractivity contribution in [2.24, 2.45) is 12.5 Å². The van der Waals surface area contributed by atoms with Crippen molar-refractivity contribution in [3.63, 3.8) is 0 Å². The highest BCUT2D eigenvalue weighted by Crippen LogP contribution is 2.19. The van der Waals surface area contributed by atoms with Crippen LogP contribution in [-0.2, 0) is 17.1 Å². The predicted octanol–water partition coefficient (Wildman–Crippen LogP) is 0.370. The fourth-order valence-electron chi connectivity index (χ4n) is 0.989. The number of aliphatic hydroxyl groups is 1. The zero-order valence-electron chi connectivity index (χ0n) is 9.94. The molecule has 6 nitrogen and oxygen atoms in total. The lowest BCUT2D eigenvalue weighted by Crippen LogP contribution is -2.36. The van der Waals surface area contributed by atoms with Gasteiger partial charge in [-0.1, -0.05) is 25.4 Å². The molecule has 8 heteroatoms. The first-order valence-electron chi connectivity index (χ1n) is 4.97. The lowest BCUT2D eigenvalue weighted by molar-refractivity contribution is 0.163. The predicted molar refractivity (Wildman–Crippen MR) is 64.3 cm³/mol. The Bertz CT molecular complexity index is 496. The number of aromatic nitrogens is 2. The van der Waals surface area contributed by atoms with E-state index in [-0.39, 0.29) is 23.3 Å². The number of hydrogen-bond donors (Lipinski definition) is 2. The van der Waals surface area contributed by atoms with E-state index >= 15 is 0 Å². The van der Waals surface area contributed by atoms with Gasteiger partial charge in [0.1, 0.15) is 5.15 Å². The van der Waals surface area contributed by atoms with Gasteiger partial charge in [-0.25, -0.2) is 18.1 Å². The minimum absolute atomic E-state index is 0.0549. The van der Waals surface area contributed by atoms with Crippen molar-refractivity contribution in [2.75, 3.05) is 13.2 Å². The quantitative estimate of drug-likeness (QED) is 0.817. The molecule has 1 heterocycles. The van der Waals surface area contributed by atoms with Gasteiger partial charge < -0.3 is 9.67 Å². The maximum atomic E-state index is 11.9. The molecule has 0 saturated heterocycles. The van der Waals surface area contributed by atoms with Gasteiger partial charge in [-0.3, -0.25) is 0 Å². The van der Waals surface area contributed by atoms with Crippen LogP contribution in [0.15, 0.2) is 11.4 Å². The van der Waals surface area contributed by atoms with Crippen LogP contribution in [-0.4, -0.2) is 36.2 Å². The Hall–Kier alpha value is -0.630. The van der Waals surface area contributed by atoms with Crippen LogP contribution < -0.4 is 4.72 Å².